The Morgan fingerprint density at radius 3 is 2.31 bits per heavy atom. The van der Waals surface area contributed by atoms with Crippen LogP contribution >= 0.6 is 0 Å². The lowest BCUT2D eigenvalue weighted by Gasteiger charge is -1.90. The number of hydrogen-bond donors (Lipinski definition) is 2. The van der Waals surface area contributed by atoms with Gasteiger partial charge in [0.15, 0.2) is 0 Å². The van der Waals surface area contributed by atoms with E-state index in [0.29, 0.717) is 0 Å². The SMILES string of the molecule is O=S(O)OCC#CCOS(=O)(=O)O. The zero-order chi connectivity index (χ0) is 10.3. The molecule has 1 unspecified atom stereocenters. The molecule has 0 spiro atoms. The minimum absolute atomic E-state index is 0.335. The zero-order valence-corrected chi connectivity index (χ0v) is 7.80. The summed E-state index contributed by atoms with van der Waals surface area (Å²) in [6.45, 7) is -0.877. The van der Waals surface area contributed by atoms with Crippen LogP contribution in [0.25, 0.3) is 0 Å². The summed E-state index contributed by atoms with van der Waals surface area (Å²) in [6.07, 6.45) is 0. The van der Waals surface area contributed by atoms with Crippen LogP contribution in [-0.2, 0) is 30.1 Å². The average Bonchev–Trinajstić information content (AvgIpc) is 1.93. The zero-order valence-electron chi connectivity index (χ0n) is 6.17. The van der Waals surface area contributed by atoms with E-state index in [1.165, 1.54) is 0 Å². The average molecular weight is 230 g/mol. The van der Waals surface area contributed by atoms with Crippen molar-refractivity contribution in [2.75, 3.05) is 13.2 Å². The van der Waals surface area contributed by atoms with Gasteiger partial charge in [0.25, 0.3) is 0 Å². The Balaban J connectivity index is 3.58. The molecule has 0 heterocycles. The molecule has 0 fully saturated rings. The lowest BCUT2D eigenvalue weighted by atomic mass is 10.6. The fourth-order valence-corrected chi connectivity index (χ4v) is 0.653. The molecule has 0 amide bonds. The lowest BCUT2D eigenvalue weighted by Crippen LogP contribution is -2.03. The van der Waals surface area contributed by atoms with Crippen molar-refractivity contribution >= 4 is 21.8 Å². The van der Waals surface area contributed by atoms with E-state index in [4.69, 9.17) is 9.11 Å². The molecule has 0 aromatic rings. The van der Waals surface area contributed by atoms with Crippen LogP contribution in [0, 0.1) is 11.8 Å². The molecule has 0 aliphatic rings. The summed E-state index contributed by atoms with van der Waals surface area (Å²) >= 11 is -2.40. The largest absolute Gasteiger partial charge is 0.398 e. The van der Waals surface area contributed by atoms with Gasteiger partial charge in [0.05, 0.1) is 0 Å². The molecule has 0 bridgehead atoms. The summed E-state index contributed by atoms with van der Waals surface area (Å²) in [5.41, 5.74) is 0. The summed E-state index contributed by atoms with van der Waals surface area (Å²) in [5.74, 6) is 4.28. The molecule has 76 valence electrons. The second-order valence-corrected chi connectivity index (χ2v) is 3.28. The topological polar surface area (TPSA) is 110 Å². The van der Waals surface area contributed by atoms with Crippen molar-refractivity contribution in [2.24, 2.45) is 0 Å². The highest BCUT2D eigenvalue weighted by Crippen LogP contribution is 1.83. The molecule has 0 radical (unpaired) electrons. The van der Waals surface area contributed by atoms with E-state index in [9.17, 15) is 12.6 Å². The van der Waals surface area contributed by atoms with Gasteiger partial charge in [-0.2, -0.15) is 12.6 Å². The third-order valence-corrected chi connectivity index (χ3v) is 1.37. The van der Waals surface area contributed by atoms with Crippen molar-refractivity contribution < 1.29 is 30.1 Å². The van der Waals surface area contributed by atoms with Crippen LogP contribution in [0.2, 0.25) is 0 Å². The maximum atomic E-state index is 9.92. The number of hydrogen-bond acceptors (Lipinski definition) is 5. The van der Waals surface area contributed by atoms with Crippen LogP contribution in [0.5, 0.6) is 0 Å². The second kappa shape index (κ2) is 6.03. The van der Waals surface area contributed by atoms with Crippen LogP contribution < -0.4 is 0 Å². The van der Waals surface area contributed by atoms with E-state index in [0.717, 1.165) is 0 Å². The van der Waals surface area contributed by atoms with Crippen molar-refractivity contribution in [1.82, 2.24) is 0 Å². The quantitative estimate of drug-likeness (QED) is 0.360. The van der Waals surface area contributed by atoms with Crippen LogP contribution in [0.4, 0.5) is 0 Å². The molecule has 13 heavy (non-hydrogen) atoms. The third kappa shape index (κ3) is 11.5. The molecule has 9 heteroatoms. The maximum absolute atomic E-state index is 9.92. The first-order valence-electron chi connectivity index (χ1n) is 2.73. The van der Waals surface area contributed by atoms with Crippen LogP contribution in [-0.4, -0.2) is 34.9 Å². The Morgan fingerprint density at radius 2 is 1.85 bits per heavy atom. The first-order valence-corrected chi connectivity index (χ1v) is 5.13. The van der Waals surface area contributed by atoms with Gasteiger partial charge in [-0.25, -0.2) is 4.18 Å². The molecule has 0 saturated carbocycles. The van der Waals surface area contributed by atoms with E-state index in [1.54, 1.807) is 0 Å². The molecule has 7 nitrogen and oxygen atoms in total. The Morgan fingerprint density at radius 1 is 1.31 bits per heavy atom. The second-order valence-electron chi connectivity index (χ2n) is 1.52. The van der Waals surface area contributed by atoms with E-state index in [1.807, 2.05) is 0 Å². The highest BCUT2D eigenvalue weighted by atomic mass is 32.3. The number of rotatable bonds is 4. The van der Waals surface area contributed by atoms with Gasteiger partial charge in [-0.05, 0) is 0 Å². The Bertz CT molecular complexity index is 320. The maximum Gasteiger partial charge on any atom is 0.398 e. The smallest absolute Gasteiger partial charge is 0.284 e. The van der Waals surface area contributed by atoms with Crippen molar-refractivity contribution in [3.05, 3.63) is 0 Å². The Kier molecular flexibility index (Phi) is 5.80. The van der Waals surface area contributed by atoms with Crippen molar-refractivity contribution in [3.63, 3.8) is 0 Å². The monoisotopic (exact) mass is 230 g/mol. The molecule has 0 aliphatic heterocycles. The fraction of sp³-hybridized carbons (Fsp3) is 0.500. The Labute approximate surface area is 77.5 Å². The molecular formula is C4H6O7S2. The molecule has 2 N–H and O–H groups in total. The normalized spacial score (nSPS) is 13.1. The van der Waals surface area contributed by atoms with Crippen LogP contribution in [0.15, 0.2) is 0 Å². The van der Waals surface area contributed by atoms with E-state index < -0.39 is 28.4 Å². The first-order chi connectivity index (χ1) is 5.92. The highest BCUT2D eigenvalue weighted by molar-refractivity contribution is 7.80. The van der Waals surface area contributed by atoms with Gasteiger partial charge in [0.2, 0.25) is 0 Å². The highest BCUT2D eigenvalue weighted by Gasteiger charge is 2.00. The van der Waals surface area contributed by atoms with Gasteiger partial charge in [-0.1, -0.05) is 11.8 Å². The summed E-state index contributed by atoms with van der Waals surface area (Å²) in [4.78, 5) is 0. The van der Waals surface area contributed by atoms with Gasteiger partial charge in [0.1, 0.15) is 13.2 Å². The summed E-state index contributed by atoms with van der Waals surface area (Å²) in [7, 11) is -4.48. The van der Waals surface area contributed by atoms with E-state index in [2.05, 4.69) is 20.2 Å². The third-order valence-electron chi connectivity index (χ3n) is 0.637. The van der Waals surface area contributed by atoms with Crippen molar-refractivity contribution in [1.29, 1.82) is 0 Å². The van der Waals surface area contributed by atoms with E-state index >= 15 is 0 Å². The van der Waals surface area contributed by atoms with Gasteiger partial charge >= 0.3 is 21.8 Å². The predicted octanol–water partition coefficient (Wildman–Crippen LogP) is -1.04. The first kappa shape index (κ1) is 12.5. The van der Waals surface area contributed by atoms with Crippen LogP contribution in [0.1, 0.15) is 0 Å². The molecule has 0 aromatic carbocycles. The van der Waals surface area contributed by atoms with Crippen LogP contribution in [0.3, 0.4) is 0 Å². The molecular weight excluding hydrogens is 224 g/mol. The summed E-state index contributed by atoms with van der Waals surface area (Å²) < 4.78 is 53.6. The van der Waals surface area contributed by atoms with E-state index in [-0.39, 0.29) is 6.61 Å². The van der Waals surface area contributed by atoms with Crippen molar-refractivity contribution in [3.8, 4) is 11.8 Å². The molecule has 0 aliphatic carbocycles. The van der Waals surface area contributed by atoms with Crippen molar-refractivity contribution in [2.45, 2.75) is 0 Å². The van der Waals surface area contributed by atoms with Gasteiger partial charge in [0, 0.05) is 0 Å². The molecule has 1 atom stereocenters. The minimum Gasteiger partial charge on any atom is -0.284 e. The summed E-state index contributed by atoms with van der Waals surface area (Å²) in [6, 6.07) is 0. The fourth-order valence-electron chi connectivity index (χ4n) is 0.286. The predicted molar refractivity (Wildman–Crippen MR) is 42.0 cm³/mol. The van der Waals surface area contributed by atoms with Gasteiger partial charge < -0.3 is 0 Å². The van der Waals surface area contributed by atoms with Gasteiger partial charge in [-0.3, -0.25) is 13.3 Å². The molecule has 0 saturated heterocycles. The van der Waals surface area contributed by atoms with Gasteiger partial charge in [-0.15, -0.1) is 0 Å². The summed E-state index contributed by atoms with van der Waals surface area (Å²) in [5, 5.41) is 0. The standard InChI is InChI=1S/C4H6O7S2/c5-12(6)10-3-1-2-4-11-13(7,8)9/h3-4H2,(H,5,6)(H,7,8,9). The minimum atomic E-state index is -4.48. The molecule has 0 rings (SSSR count). The lowest BCUT2D eigenvalue weighted by molar-refractivity contribution is 0.300. The molecule has 0 aromatic heterocycles. The Hall–Kier alpha value is -0.500.